The topological polar surface area (TPSA) is 73.6 Å². The van der Waals surface area contributed by atoms with Crippen LogP contribution in [0.2, 0.25) is 18.1 Å². The molecule has 0 aliphatic rings. The zero-order chi connectivity index (χ0) is 18.5. The third-order valence-electron chi connectivity index (χ3n) is 4.72. The number of hydrogen-bond donors (Lipinski definition) is 1. The summed E-state index contributed by atoms with van der Waals surface area (Å²) in [7, 11) is -1.93. The number of esters is 1. The number of carbonyl (C=O) groups is 1. The van der Waals surface area contributed by atoms with E-state index >= 15 is 0 Å². The maximum atomic E-state index is 11.8. The summed E-state index contributed by atoms with van der Waals surface area (Å²) >= 11 is 0. The lowest BCUT2D eigenvalue weighted by atomic mass is 10.1. The first-order chi connectivity index (χ1) is 11.0. The third-order valence-corrected chi connectivity index (χ3v) is 9.30. The van der Waals surface area contributed by atoms with Crippen molar-refractivity contribution in [3.63, 3.8) is 0 Å². The van der Waals surface area contributed by atoms with E-state index < -0.39 is 14.3 Å². The SMILES string of the molecule is CCOC(=O)c1cn(C(CCO)C(C)O[Si](C)(C)C(C)(C)C)cn1. The van der Waals surface area contributed by atoms with Crippen molar-refractivity contribution < 1.29 is 19.1 Å². The highest BCUT2D eigenvalue weighted by Crippen LogP contribution is 2.38. The number of carbonyl (C=O) groups excluding carboxylic acids is 1. The smallest absolute Gasteiger partial charge is 0.358 e. The summed E-state index contributed by atoms with van der Waals surface area (Å²) in [4.78, 5) is 15.9. The Labute approximate surface area is 146 Å². The van der Waals surface area contributed by atoms with Gasteiger partial charge in [0.05, 0.1) is 25.1 Å². The molecule has 6 nitrogen and oxygen atoms in total. The van der Waals surface area contributed by atoms with E-state index in [9.17, 15) is 9.90 Å². The molecule has 2 unspecified atom stereocenters. The predicted molar refractivity (Wildman–Crippen MR) is 96.7 cm³/mol. The second-order valence-electron chi connectivity index (χ2n) is 7.59. The molecule has 0 fully saturated rings. The number of hydrogen-bond acceptors (Lipinski definition) is 5. The fourth-order valence-electron chi connectivity index (χ4n) is 2.31. The minimum atomic E-state index is -1.93. The Morgan fingerprint density at radius 2 is 2.04 bits per heavy atom. The van der Waals surface area contributed by atoms with E-state index in [4.69, 9.17) is 9.16 Å². The van der Waals surface area contributed by atoms with Gasteiger partial charge < -0.3 is 18.8 Å². The second-order valence-corrected chi connectivity index (χ2v) is 12.3. The van der Waals surface area contributed by atoms with Crippen LogP contribution in [0.15, 0.2) is 12.5 Å². The van der Waals surface area contributed by atoms with Crippen molar-refractivity contribution in [1.29, 1.82) is 0 Å². The van der Waals surface area contributed by atoms with Gasteiger partial charge in [-0.3, -0.25) is 0 Å². The molecule has 1 aromatic rings. The van der Waals surface area contributed by atoms with Crippen molar-refractivity contribution in [1.82, 2.24) is 9.55 Å². The van der Waals surface area contributed by atoms with Gasteiger partial charge in [-0.15, -0.1) is 0 Å². The summed E-state index contributed by atoms with van der Waals surface area (Å²) in [6, 6.07) is -0.0835. The number of ether oxygens (including phenoxy) is 1. The van der Waals surface area contributed by atoms with Gasteiger partial charge in [-0.2, -0.15) is 0 Å². The zero-order valence-electron chi connectivity index (χ0n) is 16.0. The first-order valence-corrected chi connectivity index (χ1v) is 11.4. The van der Waals surface area contributed by atoms with E-state index in [0.717, 1.165) is 0 Å². The third kappa shape index (κ3) is 5.16. The van der Waals surface area contributed by atoms with Crippen LogP contribution in [0.3, 0.4) is 0 Å². The molecule has 1 heterocycles. The maximum absolute atomic E-state index is 11.8. The van der Waals surface area contributed by atoms with Crippen molar-refractivity contribution in [2.24, 2.45) is 0 Å². The van der Waals surface area contributed by atoms with Gasteiger partial charge in [0.15, 0.2) is 14.0 Å². The van der Waals surface area contributed by atoms with Crippen LogP contribution < -0.4 is 0 Å². The molecule has 0 saturated carbocycles. The molecule has 0 aromatic carbocycles. The molecule has 2 atom stereocenters. The van der Waals surface area contributed by atoms with Gasteiger partial charge in [0.2, 0.25) is 0 Å². The Morgan fingerprint density at radius 3 is 2.54 bits per heavy atom. The van der Waals surface area contributed by atoms with E-state index in [1.54, 1.807) is 19.4 Å². The number of aliphatic hydroxyl groups is 1. The minimum Gasteiger partial charge on any atom is -0.461 e. The van der Waals surface area contributed by atoms with Gasteiger partial charge in [-0.1, -0.05) is 20.8 Å². The van der Waals surface area contributed by atoms with Crippen LogP contribution in [0.4, 0.5) is 0 Å². The minimum absolute atomic E-state index is 0.0444. The van der Waals surface area contributed by atoms with Crippen LogP contribution in [0.1, 0.15) is 57.6 Å². The highest BCUT2D eigenvalue weighted by atomic mass is 28.4. The summed E-state index contributed by atoms with van der Waals surface area (Å²) in [5, 5.41) is 9.54. The summed E-state index contributed by atoms with van der Waals surface area (Å²) in [5.74, 6) is -0.433. The monoisotopic (exact) mass is 356 g/mol. The zero-order valence-corrected chi connectivity index (χ0v) is 17.0. The van der Waals surface area contributed by atoms with Crippen LogP contribution in [0, 0.1) is 0 Å². The Morgan fingerprint density at radius 1 is 1.42 bits per heavy atom. The van der Waals surface area contributed by atoms with Gasteiger partial charge in [0, 0.05) is 12.8 Å². The van der Waals surface area contributed by atoms with Crippen molar-refractivity contribution in [3.8, 4) is 0 Å². The van der Waals surface area contributed by atoms with E-state index in [-0.39, 0.29) is 29.5 Å². The van der Waals surface area contributed by atoms with E-state index in [1.807, 2.05) is 11.5 Å². The average Bonchev–Trinajstić information content (AvgIpc) is 2.92. The first kappa shape index (κ1) is 20.9. The lowest BCUT2D eigenvalue weighted by Crippen LogP contribution is -2.45. The second kappa shape index (κ2) is 8.27. The predicted octanol–water partition coefficient (Wildman–Crippen LogP) is 3.39. The normalized spacial score (nSPS) is 15.2. The van der Waals surface area contributed by atoms with Crippen molar-refractivity contribution in [2.45, 2.75) is 71.3 Å². The number of aliphatic hydroxyl groups excluding tert-OH is 1. The number of rotatable bonds is 8. The van der Waals surface area contributed by atoms with E-state index in [2.05, 4.69) is 38.8 Å². The van der Waals surface area contributed by atoms with Gasteiger partial charge in [0.25, 0.3) is 0 Å². The van der Waals surface area contributed by atoms with Crippen LogP contribution in [0.5, 0.6) is 0 Å². The molecule has 1 N–H and O–H groups in total. The molecule has 7 heteroatoms. The molecule has 0 spiro atoms. The van der Waals surface area contributed by atoms with Gasteiger partial charge in [0.1, 0.15) is 0 Å². The number of imidazole rings is 1. The van der Waals surface area contributed by atoms with Crippen LogP contribution in [0.25, 0.3) is 0 Å². The van der Waals surface area contributed by atoms with Crippen molar-refractivity contribution >= 4 is 14.3 Å². The molecule has 1 aromatic heterocycles. The largest absolute Gasteiger partial charge is 0.461 e. The summed E-state index contributed by atoms with van der Waals surface area (Å²) < 4.78 is 13.3. The number of nitrogens with zero attached hydrogens (tertiary/aromatic N) is 2. The quantitative estimate of drug-likeness (QED) is 0.571. The standard InChI is InChI=1S/C17H32N2O4Si/c1-8-22-16(21)14-11-19(12-18-14)15(9-10-20)13(2)23-24(6,7)17(3,4)5/h11-13,15,20H,8-10H2,1-7H3. The summed E-state index contributed by atoms with van der Waals surface area (Å²) in [5.41, 5.74) is 0.277. The Bertz CT molecular complexity index is 537. The first-order valence-electron chi connectivity index (χ1n) is 8.52. The van der Waals surface area contributed by atoms with Gasteiger partial charge in [-0.25, -0.2) is 9.78 Å². The summed E-state index contributed by atoms with van der Waals surface area (Å²) in [6.07, 6.45) is 3.72. The van der Waals surface area contributed by atoms with Crippen LogP contribution >= 0.6 is 0 Å². The van der Waals surface area contributed by atoms with Crippen molar-refractivity contribution in [3.05, 3.63) is 18.2 Å². The maximum Gasteiger partial charge on any atom is 0.358 e. The molecule has 138 valence electrons. The average molecular weight is 357 g/mol. The van der Waals surface area contributed by atoms with Gasteiger partial charge >= 0.3 is 5.97 Å². The molecule has 1 rings (SSSR count). The molecule has 0 aliphatic heterocycles. The Balaban J connectivity index is 2.96. The molecule has 0 bridgehead atoms. The van der Waals surface area contributed by atoms with Crippen molar-refractivity contribution in [2.75, 3.05) is 13.2 Å². The molecular weight excluding hydrogens is 324 g/mol. The van der Waals surface area contributed by atoms with E-state index in [1.165, 1.54) is 0 Å². The van der Waals surface area contributed by atoms with E-state index in [0.29, 0.717) is 13.0 Å². The lowest BCUT2D eigenvalue weighted by Gasteiger charge is -2.40. The summed E-state index contributed by atoms with van der Waals surface area (Å²) in [6.45, 7) is 15.1. The molecule has 0 radical (unpaired) electrons. The highest BCUT2D eigenvalue weighted by molar-refractivity contribution is 6.74. The Hall–Kier alpha value is -1.18. The van der Waals surface area contributed by atoms with Crippen LogP contribution in [-0.2, 0) is 9.16 Å². The Kier molecular flexibility index (Phi) is 7.19. The molecule has 0 aliphatic carbocycles. The highest BCUT2D eigenvalue weighted by Gasteiger charge is 2.39. The lowest BCUT2D eigenvalue weighted by molar-refractivity contribution is 0.0519. The number of aromatic nitrogens is 2. The molecular formula is C17H32N2O4Si. The molecule has 0 amide bonds. The fourth-order valence-corrected chi connectivity index (χ4v) is 3.75. The van der Waals surface area contributed by atoms with Crippen LogP contribution in [-0.4, -0.2) is 48.3 Å². The van der Waals surface area contributed by atoms with Gasteiger partial charge in [-0.05, 0) is 38.4 Å². The molecule has 0 saturated heterocycles. The molecule has 24 heavy (non-hydrogen) atoms. The fraction of sp³-hybridized carbons (Fsp3) is 0.765.